The first-order chi connectivity index (χ1) is 16.9. The van der Waals surface area contributed by atoms with Crippen LogP contribution >= 0.6 is 0 Å². The van der Waals surface area contributed by atoms with E-state index in [2.05, 4.69) is 26.0 Å². The van der Waals surface area contributed by atoms with Crippen molar-refractivity contribution < 1.29 is 23.4 Å². The Morgan fingerprint density at radius 3 is 2.29 bits per heavy atom. The van der Waals surface area contributed by atoms with E-state index < -0.39 is 0 Å². The summed E-state index contributed by atoms with van der Waals surface area (Å²) in [7, 11) is 3.22. The van der Waals surface area contributed by atoms with Crippen LogP contribution in [-0.2, 0) is 17.6 Å². The second-order valence-corrected chi connectivity index (χ2v) is 9.10. The Morgan fingerprint density at radius 2 is 1.66 bits per heavy atom. The van der Waals surface area contributed by atoms with Gasteiger partial charge in [0, 0.05) is 6.54 Å². The minimum atomic E-state index is -0.316. The fourth-order valence-corrected chi connectivity index (χ4v) is 4.51. The van der Waals surface area contributed by atoms with E-state index in [0.717, 1.165) is 22.4 Å². The Morgan fingerprint density at radius 1 is 1.00 bits per heavy atom. The molecule has 3 aromatic carbocycles. The molecule has 0 spiro atoms. The van der Waals surface area contributed by atoms with Gasteiger partial charge in [0.1, 0.15) is 18.2 Å². The molecule has 0 radical (unpaired) electrons. The molecule has 0 fully saturated rings. The lowest BCUT2D eigenvalue weighted by molar-refractivity contribution is -0.134. The molecule has 0 bridgehead atoms. The standard InChI is InChI=1S/C29H32FNO4/c1-19(2)21-7-11-24(12-8-21)35-18-26-25-17-28(34-4)27(33-3)16-22(25)13-14-31(26)29(32)15-20-5-9-23(30)10-6-20/h5-12,16-17,19,26H,13-15,18H2,1-4H3. The van der Waals surface area contributed by atoms with Crippen LogP contribution in [0.5, 0.6) is 17.2 Å². The number of nitrogens with zero attached hydrogens (tertiary/aromatic N) is 1. The van der Waals surface area contributed by atoms with Crippen LogP contribution in [0.25, 0.3) is 0 Å². The van der Waals surface area contributed by atoms with Crippen LogP contribution in [0.2, 0.25) is 0 Å². The fourth-order valence-electron chi connectivity index (χ4n) is 4.51. The van der Waals surface area contributed by atoms with Crippen LogP contribution in [0, 0.1) is 5.82 Å². The molecular formula is C29H32FNO4. The van der Waals surface area contributed by atoms with Crippen molar-refractivity contribution in [3.8, 4) is 17.2 Å². The highest BCUT2D eigenvalue weighted by Gasteiger charge is 2.32. The SMILES string of the molecule is COc1cc2c(cc1OC)C(COc1ccc(C(C)C)cc1)N(C(=O)Cc1ccc(F)cc1)CC2. The summed E-state index contributed by atoms with van der Waals surface area (Å²) >= 11 is 0. The van der Waals surface area contributed by atoms with E-state index in [9.17, 15) is 9.18 Å². The van der Waals surface area contributed by atoms with Gasteiger partial charge in [0.25, 0.3) is 0 Å². The van der Waals surface area contributed by atoms with E-state index in [1.807, 2.05) is 29.2 Å². The van der Waals surface area contributed by atoms with Gasteiger partial charge in [-0.05, 0) is 71.0 Å². The van der Waals surface area contributed by atoms with Gasteiger partial charge in [0.2, 0.25) is 5.91 Å². The Labute approximate surface area is 206 Å². The quantitative estimate of drug-likeness (QED) is 0.417. The number of hydrogen-bond acceptors (Lipinski definition) is 4. The van der Waals surface area contributed by atoms with Gasteiger partial charge in [-0.3, -0.25) is 4.79 Å². The third-order valence-electron chi connectivity index (χ3n) is 6.55. The van der Waals surface area contributed by atoms with Crippen LogP contribution in [-0.4, -0.2) is 38.2 Å². The zero-order chi connectivity index (χ0) is 24.9. The predicted molar refractivity (Wildman–Crippen MR) is 134 cm³/mol. The monoisotopic (exact) mass is 477 g/mol. The number of benzene rings is 3. The number of carbonyl (C=O) groups is 1. The zero-order valence-electron chi connectivity index (χ0n) is 20.7. The summed E-state index contributed by atoms with van der Waals surface area (Å²) in [6, 6.07) is 17.8. The molecule has 3 aromatic rings. The van der Waals surface area contributed by atoms with E-state index in [4.69, 9.17) is 14.2 Å². The number of carbonyl (C=O) groups excluding carboxylic acids is 1. The summed E-state index contributed by atoms with van der Waals surface area (Å²) < 4.78 is 30.6. The maximum atomic E-state index is 13.4. The maximum absolute atomic E-state index is 13.4. The van der Waals surface area contributed by atoms with Crippen molar-refractivity contribution in [1.29, 1.82) is 0 Å². The first-order valence-electron chi connectivity index (χ1n) is 11.9. The molecular weight excluding hydrogens is 445 g/mol. The lowest BCUT2D eigenvalue weighted by Crippen LogP contribution is -2.43. The molecule has 1 atom stereocenters. The van der Waals surface area contributed by atoms with Crippen molar-refractivity contribution in [3.05, 3.63) is 88.7 Å². The minimum absolute atomic E-state index is 0.0270. The lowest BCUT2D eigenvalue weighted by atomic mass is 9.91. The van der Waals surface area contributed by atoms with Gasteiger partial charge >= 0.3 is 0 Å². The van der Waals surface area contributed by atoms with E-state index in [1.54, 1.807) is 26.4 Å². The average Bonchev–Trinajstić information content (AvgIpc) is 2.87. The highest BCUT2D eigenvalue weighted by Crippen LogP contribution is 2.38. The molecule has 35 heavy (non-hydrogen) atoms. The Kier molecular flexibility index (Phi) is 7.59. The molecule has 1 heterocycles. The second-order valence-electron chi connectivity index (χ2n) is 9.10. The lowest BCUT2D eigenvalue weighted by Gasteiger charge is -2.37. The first-order valence-corrected chi connectivity index (χ1v) is 11.9. The van der Waals surface area contributed by atoms with Crippen molar-refractivity contribution >= 4 is 5.91 Å². The maximum Gasteiger partial charge on any atom is 0.227 e. The van der Waals surface area contributed by atoms with Gasteiger partial charge in [-0.15, -0.1) is 0 Å². The largest absolute Gasteiger partial charge is 0.493 e. The Bertz CT molecular complexity index is 1160. The van der Waals surface area contributed by atoms with Gasteiger partial charge in [-0.25, -0.2) is 4.39 Å². The fraction of sp³-hybridized carbons (Fsp3) is 0.345. The molecule has 0 aromatic heterocycles. The molecule has 4 rings (SSSR count). The van der Waals surface area contributed by atoms with Crippen molar-refractivity contribution in [3.63, 3.8) is 0 Å². The molecule has 0 saturated heterocycles. The van der Waals surface area contributed by atoms with E-state index in [0.29, 0.717) is 37.0 Å². The summed E-state index contributed by atoms with van der Waals surface area (Å²) in [5.41, 5.74) is 4.11. The second kappa shape index (κ2) is 10.8. The van der Waals surface area contributed by atoms with Crippen LogP contribution in [0.4, 0.5) is 4.39 Å². The van der Waals surface area contributed by atoms with Crippen LogP contribution in [0.3, 0.4) is 0 Å². The Balaban J connectivity index is 1.62. The molecule has 6 heteroatoms. The molecule has 184 valence electrons. The van der Waals surface area contributed by atoms with Gasteiger partial charge in [-0.1, -0.05) is 38.1 Å². The zero-order valence-corrected chi connectivity index (χ0v) is 20.7. The van der Waals surface area contributed by atoms with Gasteiger partial charge in [-0.2, -0.15) is 0 Å². The number of ether oxygens (including phenoxy) is 3. The summed E-state index contributed by atoms with van der Waals surface area (Å²) in [4.78, 5) is 15.3. The van der Waals surface area contributed by atoms with Crippen molar-refractivity contribution in [2.75, 3.05) is 27.4 Å². The number of halogens is 1. The van der Waals surface area contributed by atoms with Crippen molar-refractivity contribution in [1.82, 2.24) is 4.90 Å². The third-order valence-corrected chi connectivity index (χ3v) is 6.55. The molecule has 5 nitrogen and oxygen atoms in total. The van der Waals surface area contributed by atoms with Gasteiger partial charge in [0.05, 0.1) is 26.7 Å². The summed E-state index contributed by atoms with van der Waals surface area (Å²) in [5.74, 6) is 2.14. The molecule has 0 N–H and O–H groups in total. The molecule has 0 saturated carbocycles. The highest BCUT2D eigenvalue weighted by molar-refractivity contribution is 5.80. The number of hydrogen-bond donors (Lipinski definition) is 0. The van der Waals surface area contributed by atoms with Gasteiger partial charge in [0.15, 0.2) is 11.5 Å². The number of fused-ring (bicyclic) bond motifs is 1. The molecule has 0 aliphatic carbocycles. The molecule has 1 amide bonds. The van der Waals surface area contributed by atoms with Crippen LogP contribution in [0.15, 0.2) is 60.7 Å². The number of rotatable bonds is 8. The molecule has 1 aliphatic heterocycles. The van der Waals surface area contributed by atoms with Crippen molar-refractivity contribution in [2.45, 2.75) is 38.6 Å². The Hall–Kier alpha value is -3.54. The summed E-state index contributed by atoms with van der Waals surface area (Å²) in [5, 5.41) is 0. The topological polar surface area (TPSA) is 48.0 Å². The summed E-state index contributed by atoms with van der Waals surface area (Å²) in [6.07, 6.45) is 0.896. The molecule has 1 aliphatic rings. The number of amides is 1. The normalized spacial score (nSPS) is 15.0. The smallest absolute Gasteiger partial charge is 0.227 e. The number of methoxy groups -OCH3 is 2. The third kappa shape index (κ3) is 5.59. The van der Waals surface area contributed by atoms with E-state index in [-0.39, 0.29) is 24.2 Å². The molecule has 1 unspecified atom stereocenters. The first kappa shape index (κ1) is 24.6. The van der Waals surface area contributed by atoms with Crippen molar-refractivity contribution in [2.24, 2.45) is 0 Å². The van der Waals surface area contributed by atoms with E-state index >= 15 is 0 Å². The average molecular weight is 478 g/mol. The van der Waals surface area contributed by atoms with Crippen LogP contribution in [0.1, 0.15) is 48.1 Å². The van der Waals surface area contributed by atoms with E-state index in [1.165, 1.54) is 17.7 Å². The van der Waals surface area contributed by atoms with Crippen LogP contribution < -0.4 is 14.2 Å². The minimum Gasteiger partial charge on any atom is -0.493 e. The highest BCUT2D eigenvalue weighted by atomic mass is 19.1. The predicted octanol–water partition coefficient (Wildman–Crippen LogP) is 5.71. The summed E-state index contributed by atoms with van der Waals surface area (Å²) in [6.45, 7) is 5.17. The van der Waals surface area contributed by atoms with Gasteiger partial charge < -0.3 is 19.1 Å².